The maximum absolute atomic E-state index is 13.3. The Morgan fingerprint density at radius 2 is 2.29 bits per heavy atom. The van der Waals surface area contributed by atoms with Crippen molar-refractivity contribution in [1.82, 2.24) is 5.32 Å². The summed E-state index contributed by atoms with van der Waals surface area (Å²) in [6, 6.07) is 5.27. The Labute approximate surface area is 125 Å². The first kappa shape index (κ1) is 15.7. The van der Waals surface area contributed by atoms with Gasteiger partial charge in [0.15, 0.2) is 11.6 Å². The van der Waals surface area contributed by atoms with E-state index in [1.54, 1.807) is 0 Å². The molecule has 1 amide bonds. The van der Waals surface area contributed by atoms with Crippen LogP contribution in [0.3, 0.4) is 0 Å². The molecule has 1 aliphatic rings. The molecule has 2 atom stereocenters. The third kappa shape index (κ3) is 4.16. The molecule has 0 aromatic heterocycles. The molecule has 1 N–H and O–H groups in total. The van der Waals surface area contributed by atoms with E-state index < -0.39 is 17.7 Å². The summed E-state index contributed by atoms with van der Waals surface area (Å²) < 4.78 is 31.7. The monoisotopic (exact) mass is 312 g/mol. The summed E-state index contributed by atoms with van der Waals surface area (Å²) in [6.45, 7) is 0.444. The number of nitriles is 1. The smallest absolute Gasteiger partial charge is 0.230 e. The number of carbonyl (C=O) groups is 1. The number of carbonyl (C=O) groups excluding carboxylic acids is 1. The molecule has 0 spiro atoms. The summed E-state index contributed by atoms with van der Waals surface area (Å²) in [6.07, 6.45) is 0.128. The minimum atomic E-state index is -0.933. The van der Waals surface area contributed by atoms with Crippen LogP contribution in [-0.2, 0) is 9.53 Å². The van der Waals surface area contributed by atoms with E-state index in [1.165, 1.54) is 17.8 Å². The molecule has 1 aliphatic heterocycles. The van der Waals surface area contributed by atoms with Gasteiger partial charge in [-0.05, 0) is 24.1 Å². The lowest BCUT2D eigenvalue weighted by Crippen LogP contribution is -2.37. The van der Waals surface area contributed by atoms with Crippen molar-refractivity contribution in [2.45, 2.75) is 18.6 Å². The van der Waals surface area contributed by atoms with Gasteiger partial charge in [0.25, 0.3) is 0 Å². The Morgan fingerprint density at radius 3 is 3.00 bits per heavy atom. The van der Waals surface area contributed by atoms with Crippen molar-refractivity contribution in [3.8, 4) is 6.07 Å². The molecule has 1 aromatic carbocycles. The molecule has 1 aromatic rings. The van der Waals surface area contributed by atoms with E-state index in [1.807, 2.05) is 6.07 Å². The number of benzene rings is 1. The lowest BCUT2D eigenvalue weighted by Gasteiger charge is -2.20. The minimum Gasteiger partial charge on any atom is -0.371 e. The summed E-state index contributed by atoms with van der Waals surface area (Å²) in [4.78, 5) is 11.7. The molecular formula is C14H14F2N2O2S. The zero-order chi connectivity index (χ0) is 15.2. The van der Waals surface area contributed by atoms with Gasteiger partial charge in [-0.15, -0.1) is 11.8 Å². The minimum absolute atomic E-state index is 0.189. The second kappa shape index (κ2) is 7.38. The fourth-order valence-electron chi connectivity index (χ4n) is 2.19. The number of rotatable bonds is 5. The predicted molar refractivity (Wildman–Crippen MR) is 74.5 cm³/mol. The highest BCUT2D eigenvalue weighted by Crippen LogP contribution is 2.30. The van der Waals surface area contributed by atoms with Gasteiger partial charge in [0.1, 0.15) is 6.10 Å². The van der Waals surface area contributed by atoms with E-state index in [0.29, 0.717) is 18.6 Å². The van der Waals surface area contributed by atoms with E-state index in [-0.39, 0.29) is 23.5 Å². The highest BCUT2D eigenvalue weighted by molar-refractivity contribution is 8.00. The van der Waals surface area contributed by atoms with Gasteiger partial charge >= 0.3 is 0 Å². The molecular weight excluding hydrogens is 298 g/mol. The van der Waals surface area contributed by atoms with Crippen molar-refractivity contribution in [3.05, 3.63) is 35.4 Å². The first-order valence-electron chi connectivity index (χ1n) is 6.42. The molecule has 7 heteroatoms. The summed E-state index contributed by atoms with van der Waals surface area (Å²) in [7, 11) is 0. The van der Waals surface area contributed by atoms with E-state index in [2.05, 4.69) is 5.32 Å². The van der Waals surface area contributed by atoms with Gasteiger partial charge in [0, 0.05) is 6.61 Å². The van der Waals surface area contributed by atoms with Gasteiger partial charge in [-0.2, -0.15) is 5.26 Å². The van der Waals surface area contributed by atoms with Gasteiger partial charge in [-0.25, -0.2) is 8.78 Å². The van der Waals surface area contributed by atoms with Crippen LogP contribution in [0.2, 0.25) is 0 Å². The van der Waals surface area contributed by atoms with Crippen LogP contribution in [0.4, 0.5) is 8.78 Å². The Balaban J connectivity index is 1.98. The van der Waals surface area contributed by atoms with Crippen LogP contribution in [0.15, 0.2) is 18.2 Å². The Bertz CT molecular complexity index is 562. The number of thioether (sulfide) groups is 1. The van der Waals surface area contributed by atoms with Crippen LogP contribution in [0.1, 0.15) is 18.1 Å². The largest absolute Gasteiger partial charge is 0.371 e. The average Bonchev–Trinajstić information content (AvgIpc) is 2.90. The molecule has 1 heterocycles. The molecule has 1 saturated heterocycles. The highest BCUT2D eigenvalue weighted by Gasteiger charge is 2.31. The zero-order valence-electron chi connectivity index (χ0n) is 11.1. The number of nitrogens with zero attached hydrogens (tertiary/aromatic N) is 1. The number of nitrogens with one attached hydrogen (secondary N) is 1. The van der Waals surface area contributed by atoms with Crippen LogP contribution < -0.4 is 5.32 Å². The molecule has 1 fully saturated rings. The van der Waals surface area contributed by atoms with Gasteiger partial charge in [0.05, 0.1) is 23.6 Å². The molecule has 2 rings (SSSR count). The Kier molecular flexibility index (Phi) is 5.53. The normalized spacial score (nSPS) is 21.0. The van der Waals surface area contributed by atoms with Gasteiger partial charge in [-0.1, -0.05) is 6.07 Å². The third-order valence-electron chi connectivity index (χ3n) is 3.11. The maximum atomic E-state index is 13.3. The standard InChI is InChI=1S/C14H14F2N2O2S/c15-10-2-1-9(7-11(10)16)14-12(3-5-20-14)18-13(19)8-21-6-4-17/h1-2,7,12,14H,3,5-6,8H2,(H,18,19)/t12-,14+/m1/s1. The maximum Gasteiger partial charge on any atom is 0.230 e. The average molecular weight is 312 g/mol. The lowest BCUT2D eigenvalue weighted by molar-refractivity contribution is -0.119. The molecule has 0 unspecified atom stereocenters. The van der Waals surface area contributed by atoms with E-state index >= 15 is 0 Å². The van der Waals surface area contributed by atoms with Crippen molar-refractivity contribution >= 4 is 17.7 Å². The van der Waals surface area contributed by atoms with Gasteiger partial charge in [0.2, 0.25) is 5.91 Å². The van der Waals surface area contributed by atoms with Crippen molar-refractivity contribution < 1.29 is 18.3 Å². The summed E-state index contributed by atoms with van der Waals surface area (Å²) in [5.41, 5.74) is 0.501. The van der Waals surface area contributed by atoms with Crippen molar-refractivity contribution in [2.24, 2.45) is 0 Å². The summed E-state index contributed by atoms with van der Waals surface area (Å²) in [5.74, 6) is -1.60. The van der Waals surface area contributed by atoms with Gasteiger partial charge in [-0.3, -0.25) is 4.79 Å². The second-order valence-corrected chi connectivity index (χ2v) is 5.56. The SMILES string of the molecule is N#CCSCC(=O)N[C@@H]1CCO[C@H]1c1ccc(F)c(F)c1. The molecule has 0 bridgehead atoms. The van der Waals surface area contributed by atoms with E-state index in [9.17, 15) is 13.6 Å². The topological polar surface area (TPSA) is 62.1 Å². The first-order chi connectivity index (χ1) is 10.1. The molecule has 21 heavy (non-hydrogen) atoms. The van der Waals surface area contributed by atoms with Crippen molar-refractivity contribution in [1.29, 1.82) is 5.26 Å². The van der Waals surface area contributed by atoms with Crippen LogP contribution >= 0.6 is 11.8 Å². The predicted octanol–water partition coefficient (Wildman–Crippen LogP) is 2.17. The van der Waals surface area contributed by atoms with Crippen LogP contribution in [0, 0.1) is 23.0 Å². The number of amides is 1. The molecule has 0 aliphatic carbocycles. The number of ether oxygens (including phenoxy) is 1. The first-order valence-corrected chi connectivity index (χ1v) is 7.58. The van der Waals surface area contributed by atoms with E-state index in [0.717, 1.165) is 12.1 Å². The van der Waals surface area contributed by atoms with Crippen LogP contribution in [0.25, 0.3) is 0 Å². The molecule has 0 saturated carbocycles. The number of hydrogen-bond acceptors (Lipinski definition) is 4. The number of hydrogen-bond donors (Lipinski definition) is 1. The lowest BCUT2D eigenvalue weighted by atomic mass is 10.0. The zero-order valence-corrected chi connectivity index (χ0v) is 12.0. The fourth-order valence-corrected chi connectivity index (χ4v) is 2.66. The molecule has 112 valence electrons. The molecule has 0 radical (unpaired) electrons. The Morgan fingerprint density at radius 1 is 1.48 bits per heavy atom. The third-order valence-corrected chi connectivity index (χ3v) is 3.91. The van der Waals surface area contributed by atoms with Crippen LogP contribution in [-0.4, -0.2) is 30.1 Å². The van der Waals surface area contributed by atoms with Gasteiger partial charge < -0.3 is 10.1 Å². The highest BCUT2D eigenvalue weighted by atomic mass is 32.2. The van der Waals surface area contributed by atoms with Crippen molar-refractivity contribution in [3.63, 3.8) is 0 Å². The summed E-state index contributed by atoms with van der Waals surface area (Å²) in [5, 5.41) is 11.2. The number of halogens is 2. The Hall–Kier alpha value is -1.65. The second-order valence-electron chi connectivity index (χ2n) is 4.58. The van der Waals surface area contributed by atoms with Crippen LogP contribution in [0.5, 0.6) is 0 Å². The fraction of sp³-hybridized carbons (Fsp3) is 0.429. The summed E-state index contributed by atoms with van der Waals surface area (Å²) >= 11 is 1.22. The molecule has 4 nitrogen and oxygen atoms in total. The quantitative estimate of drug-likeness (QED) is 0.847. The van der Waals surface area contributed by atoms with Crippen molar-refractivity contribution in [2.75, 3.05) is 18.1 Å². The van der Waals surface area contributed by atoms with E-state index in [4.69, 9.17) is 10.00 Å².